The Morgan fingerprint density at radius 2 is 1.53 bits per heavy atom. The zero-order valence-electron chi connectivity index (χ0n) is 18.7. The van der Waals surface area contributed by atoms with Gasteiger partial charge in [0, 0.05) is 17.2 Å². The minimum absolute atomic E-state index is 0.227. The molecule has 34 heavy (non-hydrogen) atoms. The molecule has 0 spiro atoms. The zero-order valence-corrected chi connectivity index (χ0v) is 18.7. The van der Waals surface area contributed by atoms with Crippen molar-refractivity contribution in [3.05, 3.63) is 91.3 Å². The Morgan fingerprint density at radius 3 is 2.29 bits per heavy atom. The third kappa shape index (κ3) is 4.29. The van der Waals surface area contributed by atoms with Crippen LogP contribution >= 0.6 is 0 Å². The molecule has 2 aromatic heterocycles. The standard InChI is InChI=1S/C26H22N6O2/c1-33-20-14-12-18(13-15-20)21-10-6-7-11-22(21)32-23(19-8-4-3-5-9-19)16-24(31-32)29-25-27-17-28-26(30-25)34-2/h3-17H,1-2H3,(H,27,28,29,30,31). The molecule has 5 aromatic rings. The number of aromatic nitrogens is 5. The average molecular weight is 451 g/mol. The first-order valence-electron chi connectivity index (χ1n) is 10.6. The van der Waals surface area contributed by atoms with Crippen LogP contribution in [0.15, 0.2) is 91.3 Å². The van der Waals surface area contributed by atoms with E-state index in [0.29, 0.717) is 11.8 Å². The van der Waals surface area contributed by atoms with Gasteiger partial charge in [-0.15, -0.1) is 5.10 Å². The summed E-state index contributed by atoms with van der Waals surface area (Å²) >= 11 is 0. The zero-order chi connectivity index (χ0) is 23.3. The maximum absolute atomic E-state index is 5.32. The molecule has 168 valence electrons. The molecule has 5 rings (SSSR count). The Bertz CT molecular complexity index is 1400. The summed E-state index contributed by atoms with van der Waals surface area (Å²) in [5.41, 5.74) is 4.99. The van der Waals surface area contributed by atoms with Crippen molar-refractivity contribution in [2.45, 2.75) is 0 Å². The molecule has 0 unspecified atom stereocenters. The molecular formula is C26H22N6O2. The van der Waals surface area contributed by atoms with E-state index in [-0.39, 0.29) is 6.01 Å². The van der Waals surface area contributed by atoms with Crippen molar-refractivity contribution in [3.63, 3.8) is 0 Å². The molecule has 0 saturated heterocycles. The lowest BCUT2D eigenvalue weighted by Crippen LogP contribution is -2.03. The Kier molecular flexibility index (Phi) is 5.85. The van der Waals surface area contributed by atoms with Crippen molar-refractivity contribution in [1.82, 2.24) is 24.7 Å². The van der Waals surface area contributed by atoms with Crippen molar-refractivity contribution in [3.8, 4) is 39.8 Å². The van der Waals surface area contributed by atoms with Gasteiger partial charge in [0.05, 0.1) is 25.6 Å². The van der Waals surface area contributed by atoms with Gasteiger partial charge in [0.15, 0.2) is 5.82 Å². The van der Waals surface area contributed by atoms with E-state index in [4.69, 9.17) is 14.6 Å². The van der Waals surface area contributed by atoms with E-state index < -0.39 is 0 Å². The molecule has 8 heteroatoms. The minimum Gasteiger partial charge on any atom is -0.497 e. The van der Waals surface area contributed by atoms with E-state index in [1.165, 1.54) is 13.4 Å². The predicted octanol–water partition coefficient (Wildman–Crippen LogP) is 5.15. The summed E-state index contributed by atoms with van der Waals surface area (Å²) in [6, 6.07) is 28.4. The van der Waals surface area contributed by atoms with Gasteiger partial charge in [-0.1, -0.05) is 60.7 Å². The van der Waals surface area contributed by atoms with Gasteiger partial charge in [-0.05, 0) is 23.8 Å². The molecule has 1 N–H and O–H groups in total. The Labute approximate surface area is 196 Å². The van der Waals surface area contributed by atoms with Crippen molar-refractivity contribution in [2.24, 2.45) is 0 Å². The SMILES string of the molecule is COc1ccc(-c2ccccc2-n2nc(Nc3ncnc(OC)n3)cc2-c2ccccc2)cc1. The number of methoxy groups -OCH3 is 2. The van der Waals surface area contributed by atoms with Crippen LogP contribution in [-0.2, 0) is 0 Å². The third-order valence-corrected chi connectivity index (χ3v) is 5.28. The van der Waals surface area contributed by atoms with E-state index in [9.17, 15) is 0 Å². The van der Waals surface area contributed by atoms with Crippen molar-refractivity contribution >= 4 is 11.8 Å². The summed E-state index contributed by atoms with van der Waals surface area (Å²) in [6.07, 6.45) is 1.39. The molecule has 0 aliphatic heterocycles. The van der Waals surface area contributed by atoms with Crippen LogP contribution in [0.4, 0.5) is 11.8 Å². The van der Waals surface area contributed by atoms with Gasteiger partial charge >= 0.3 is 6.01 Å². The summed E-state index contributed by atoms with van der Waals surface area (Å²) in [4.78, 5) is 12.4. The predicted molar refractivity (Wildman–Crippen MR) is 131 cm³/mol. The summed E-state index contributed by atoms with van der Waals surface area (Å²) in [5.74, 6) is 1.75. The van der Waals surface area contributed by atoms with E-state index >= 15 is 0 Å². The topological polar surface area (TPSA) is 87.0 Å². The average Bonchev–Trinajstić information content (AvgIpc) is 3.33. The number of ether oxygens (including phenoxy) is 2. The molecule has 0 aliphatic rings. The highest BCUT2D eigenvalue weighted by Gasteiger charge is 2.16. The van der Waals surface area contributed by atoms with E-state index in [1.54, 1.807) is 7.11 Å². The summed E-state index contributed by atoms with van der Waals surface area (Å²) in [7, 11) is 3.17. The number of benzene rings is 3. The second-order valence-electron chi connectivity index (χ2n) is 7.36. The molecule has 0 saturated carbocycles. The number of hydrogen-bond donors (Lipinski definition) is 1. The molecule has 0 atom stereocenters. The highest BCUT2D eigenvalue weighted by Crippen LogP contribution is 2.33. The monoisotopic (exact) mass is 450 g/mol. The molecule has 0 amide bonds. The third-order valence-electron chi connectivity index (χ3n) is 5.28. The number of nitrogens with zero attached hydrogens (tertiary/aromatic N) is 5. The molecule has 2 heterocycles. The molecule has 8 nitrogen and oxygen atoms in total. The maximum atomic E-state index is 5.32. The number of anilines is 2. The van der Waals surface area contributed by atoms with Crippen molar-refractivity contribution < 1.29 is 9.47 Å². The van der Waals surface area contributed by atoms with Gasteiger partial charge < -0.3 is 14.8 Å². The van der Waals surface area contributed by atoms with E-state index in [2.05, 4.69) is 44.5 Å². The lowest BCUT2D eigenvalue weighted by atomic mass is 10.0. The summed E-state index contributed by atoms with van der Waals surface area (Å²) in [6.45, 7) is 0. The van der Waals surface area contributed by atoms with E-state index in [0.717, 1.165) is 33.8 Å². The Balaban J connectivity index is 1.62. The normalized spacial score (nSPS) is 10.6. The lowest BCUT2D eigenvalue weighted by Gasteiger charge is -2.13. The van der Waals surface area contributed by atoms with Crippen LogP contribution in [0.2, 0.25) is 0 Å². The maximum Gasteiger partial charge on any atom is 0.320 e. The lowest BCUT2D eigenvalue weighted by molar-refractivity contribution is 0.379. The second kappa shape index (κ2) is 9.41. The molecular weight excluding hydrogens is 428 g/mol. The van der Waals surface area contributed by atoms with Gasteiger partial charge in [0.2, 0.25) is 5.95 Å². The second-order valence-corrected chi connectivity index (χ2v) is 7.36. The van der Waals surface area contributed by atoms with Crippen LogP contribution in [-0.4, -0.2) is 39.0 Å². The smallest absolute Gasteiger partial charge is 0.320 e. The fraction of sp³-hybridized carbons (Fsp3) is 0.0769. The quantitative estimate of drug-likeness (QED) is 0.367. The fourth-order valence-corrected chi connectivity index (χ4v) is 3.67. The number of para-hydroxylation sites is 1. The van der Waals surface area contributed by atoms with Gasteiger partial charge in [0.25, 0.3) is 0 Å². The molecule has 0 fully saturated rings. The van der Waals surface area contributed by atoms with Crippen LogP contribution in [0, 0.1) is 0 Å². The molecule has 0 bridgehead atoms. The highest BCUT2D eigenvalue weighted by molar-refractivity contribution is 5.76. The van der Waals surface area contributed by atoms with Crippen LogP contribution in [0.5, 0.6) is 11.8 Å². The first-order chi connectivity index (χ1) is 16.7. The largest absolute Gasteiger partial charge is 0.497 e. The first kappa shape index (κ1) is 21.1. The van der Waals surface area contributed by atoms with Crippen LogP contribution in [0.3, 0.4) is 0 Å². The van der Waals surface area contributed by atoms with Crippen molar-refractivity contribution in [1.29, 1.82) is 0 Å². The number of nitrogens with one attached hydrogen (secondary N) is 1. The van der Waals surface area contributed by atoms with Crippen LogP contribution in [0.1, 0.15) is 0 Å². The molecule has 0 aliphatic carbocycles. The number of hydrogen-bond acceptors (Lipinski definition) is 7. The fourth-order valence-electron chi connectivity index (χ4n) is 3.67. The van der Waals surface area contributed by atoms with Crippen LogP contribution in [0.25, 0.3) is 28.1 Å². The Morgan fingerprint density at radius 1 is 0.765 bits per heavy atom. The van der Waals surface area contributed by atoms with Crippen molar-refractivity contribution in [2.75, 3.05) is 19.5 Å². The van der Waals surface area contributed by atoms with Crippen LogP contribution < -0.4 is 14.8 Å². The minimum atomic E-state index is 0.227. The first-order valence-corrected chi connectivity index (χ1v) is 10.6. The molecule has 3 aromatic carbocycles. The number of rotatable bonds is 7. The highest BCUT2D eigenvalue weighted by atomic mass is 16.5. The summed E-state index contributed by atoms with van der Waals surface area (Å²) in [5, 5.41) is 8.03. The Hall–Kier alpha value is -4.72. The van der Waals surface area contributed by atoms with Gasteiger partial charge in [-0.2, -0.15) is 9.97 Å². The molecule has 0 radical (unpaired) electrons. The van der Waals surface area contributed by atoms with E-state index in [1.807, 2.05) is 65.3 Å². The van der Waals surface area contributed by atoms with Gasteiger partial charge in [0.1, 0.15) is 12.1 Å². The summed E-state index contributed by atoms with van der Waals surface area (Å²) < 4.78 is 12.4. The van der Waals surface area contributed by atoms with Gasteiger partial charge in [-0.25, -0.2) is 9.67 Å². The van der Waals surface area contributed by atoms with Gasteiger partial charge in [-0.3, -0.25) is 0 Å².